The third-order valence-corrected chi connectivity index (χ3v) is 10.5. The number of carbonyl (C=O) groups is 3. The fraction of sp³-hybridized carbons (Fsp3) is 0.815. The van der Waals surface area contributed by atoms with Gasteiger partial charge < -0.3 is 9.47 Å². The van der Waals surface area contributed by atoms with Gasteiger partial charge in [0, 0.05) is 19.3 Å². The highest BCUT2D eigenvalue weighted by Crippen LogP contribution is 2.73. The van der Waals surface area contributed by atoms with Gasteiger partial charge in [-0.15, -0.1) is 0 Å². The normalized spacial score (nSPS) is 46.9. The van der Waals surface area contributed by atoms with Crippen LogP contribution in [0.5, 0.6) is 0 Å². The Balaban J connectivity index is 1.43. The zero-order chi connectivity index (χ0) is 23.3. The summed E-state index contributed by atoms with van der Waals surface area (Å²) in [6.07, 6.45) is 8.63. The van der Waals surface area contributed by atoms with E-state index in [2.05, 4.69) is 40.7 Å². The minimum Gasteiger partial charge on any atom is -0.458 e. The molecule has 0 radical (unpaired) electrons. The van der Waals surface area contributed by atoms with Gasteiger partial charge in [-0.25, -0.2) is 0 Å². The number of rotatable bonds is 3. The number of hydrogen-bond donors (Lipinski definition) is 0. The van der Waals surface area contributed by atoms with E-state index in [1.54, 1.807) is 0 Å². The SMILES string of the molecule is CC(=O)OCC(=O)[C@@]12CC[C@H]3[C@@H]4CCC5=CC(C)(C(C)(C)C)CC[C@]5(C)[C@H]4C(=O)C[C@@]31O2. The molecule has 5 heteroatoms. The fourth-order valence-electron chi connectivity index (χ4n) is 8.06. The van der Waals surface area contributed by atoms with E-state index < -0.39 is 17.2 Å². The van der Waals surface area contributed by atoms with Crippen molar-refractivity contribution in [3.05, 3.63) is 11.6 Å². The average molecular weight is 443 g/mol. The molecule has 1 heterocycles. The van der Waals surface area contributed by atoms with Crippen LogP contribution in [0.25, 0.3) is 0 Å². The maximum atomic E-state index is 13.7. The van der Waals surface area contributed by atoms with E-state index in [4.69, 9.17) is 9.47 Å². The largest absolute Gasteiger partial charge is 0.458 e. The van der Waals surface area contributed by atoms with E-state index in [1.807, 2.05) is 0 Å². The molecule has 0 aromatic rings. The molecule has 5 aliphatic rings. The van der Waals surface area contributed by atoms with E-state index in [-0.39, 0.29) is 52.2 Å². The summed E-state index contributed by atoms with van der Waals surface area (Å²) in [5, 5.41) is 0. The van der Waals surface area contributed by atoms with Crippen LogP contribution in [0.1, 0.15) is 86.5 Å². The highest BCUT2D eigenvalue weighted by atomic mass is 16.6. The summed E-state index contributed by atoms with van der Waals surface area (Å²) in [7, 11) is 0. The Morgan fingerprint density at radius 1 is 1.16 bits per heavy atom. The Bertz CT molecular complexity index is 927. The van der Waals surface area contributed by atoms with E-state index in [9.17, 15) is 14.4 Å². The van der Waals surface area contributed by atoms with Crippen LogP contribution in [0.2, 0.25) is 0 Å². The number of Topliss-reactive ketones (excluding diaryl/α,β-unsaturated/α-hetero) is 2. The topological polar surface area (TPSA) is 73.0 Å². The summed E-state index contributed by atoms with van der Waals surface area (Å²) in [5.74, 6) is 0.221. The van der Waals surface area contributed by atoms with Gasteiger partial charge in [-0.3, -0.25) is 14.4 Å². The molecule has 1 saturated heterocycles. The Morgan fingerprint density at radius 3 is 2.53 bits per heavy atom. The molecular weight excluding hydrogens is 404 g/mol. The Kier molecular flexibility index (Phi) is 4.57. The lowest BCUT2D eigenvalue weighted by Gasteiger charge is -2.57. The molecule has 5 rings (SSSR count). The maximum absolute atomic E-state index is 13.7. The first-order valence-electron chi connectivity index (χ1n) is 12.4. The van der Waals surface area contributed by atoms with E-state index in [0.717, 1.165) is 32.1 Å². The van der Waals surface area contributed by atoms with Crippen LogP contribution in [0.15, 0.2) is 11.6 Å². The van der Waals surface area contributed by atoms with Gasteiger partial charge in [0.2, 0.25) is 5.78 Å². The van der Waals surface area contributed by atoms with Crippen LogP contribution in [-0.4, -0.2) is 35.3 Å². The predicted octanol–water partition coefficient (Wildman–Crippen LogP) is 4.81. The van der Waals surface area contributed by atoms with Crippen molar-refractivity contribution in [1.82, 2.24) is 0 Å². The first-order valence-corrected chi connectivity index (χ1v) is 12.4. The van der Waals surface area contributed by atoms with Crippen molar-refractivity contribution in [2.45, 2.75) is 97.7 Å². The summed E-state index contributed by atoms with van der Waals surface area (Å²) >= 11 is 0. The van der Waals surface area contributed by atoms with Gasteiger partial charge >= 0.3 is 5.97 Å². The highest BCUT2D eigenvalue weighted by Gasteiger charge is 2.83. The Hall–Kier alpha value is -1.49. The summed E-state index contributed by atoms with van der Waals surface area (Å²) in [5.41, 5.74) is 0.205. The number of hydrogen-bond acceptors (Lipinski definition) is 5. The number of fused-ring (bicyclic) bond motifs is 4. The van der Waals surface area contributed by atoms with Gasteiger partial charge in [-0.05, 0) is 66.6 Å². The van der Waals surface area contributed by atoms with Gasteiger partial charge in [-0.2, -0.15) is 0 Å². The van der Waals surface area contributed by atoms with E-state index in [0.29, 0.717) is 12.8 Å². The molecule has 32 heavy (non-hydrogen) atoms. The zero-order valence-corrected chi connectivity index (χ0v) is 20.5. The van der Waals surface area contributed by atoms with Gasteiger partial charge in [0.15, 0.2) is 12.2 Å². The minimum absolute atomic E-state index is 0.0335. The quantitative estimate of drug-likeness (QED) is 0.356. The maximum Gasteiger partial charge on any atom is 0.303 e. The molecular formula is C27H38O5. The lowest BCUT2D eigenvalue weighted by molar-refractivity contribution is -0.147. The highest BCUT2D eigenvalue weighted by molar-refractivity contribution is 5.97. The van der Waals surface area contributed by atoms with Gasteiger partial charge in [0.05, 0.1) is 0 Å². The van der Waals surface area contributed by atoms with Crippen LogP contribution in [-0.2, 0) is 23.9 Å². The standard InChI is InChI=1S/C27H38O5/c1-16(28)31-15-21(30)26-10-9-19-18-8-7-17-13-24(5,23(2,3)4)11-12-25(17,6)22(18)20(29)14-27(19,26)32-26/h13,18-19,22H,7-12,14-15H2,1-6H3/t18-,19-,22+,24?,25-,26-,27+/m0/s1. The molecule has 1 aliphatic heterocycles. The number of carbonyl (C=O) groups excluding carboxylic acids is 3. The predicted molar refractivity (Wildman–Crippen MR) is 120 cm³/mol. The van der Waals surface area contributed by atoms with Crippen LogP contribution < -0.4 is 0 Å². The lowest BCUT2D eigenvalue weighted by Crippen LogP contribution is -2.56. The molecule has 3 saturated carbocycles. The van der Waals surface area contributed by atoms with Crippen molar-refractivity contribution >= 4 is 17.5 Å². The zero-order valence-electron chi connectivity index (χ0n) is 20.5. The van der Waals surface area contributed by atoms with Gasteiger partial charge in [0.25, 0.3) is 0 Å². The second-order valence-electron chi connectivity index (χ2n) is 12.7. The third-order valence-electron chi connectivity index (χ3n) is 10.5. The lowest BCUT2D eigenvalue weighted by atomic mass is 9.46. The first kappa shape index (κ1) is 22.3. The molecule has 7 atom stereocenters. The summed E-state index contributed by atoms with van der Waals surface area (Å²) < 4.78 is 11.2. The van der Waals surface area contributed by atoms with Crippen molar-refractivity contribution in [1.29, 1.82) is 0 Å². The van der Waals surface area contributed by atoms with Gasteiger partial charge in [0.1, 0.15) is 11.4 Å². The summed E-state index contributed by atoms with van der Waals surface area (Å²) in [4.78, 5) is 37.9. The van der Waals surface area contributed by atoms with Crippen molar-refractivity contribution < 1.29 is 23.9 Å². The Labute approximate surface area is 191 Å². The number of esters is 1. The first-order chi connectivity index (χ1) is 14.8. The van der Waals surface area contributed by atoms with Crippen LogP contribution in [0.4, 0.5) is 0 Å². The van der Waals surface area contributed by atoms with Crippen LogP contribution in [0, 0.1) is 34.0 Å². The number of allylic oxidation sites excluding steroid dienone is 2. The molecule has 1 unspecified atom stereocenters. The smallest absolute Gasteiger partial charge is 0.303 e. The molecule has 0 N–H and O–H groups in total. The summed E-state index contributed by atoms with van der Waals surface area (Å²) in [6.45, 7) is 12.7. The minimum atomic E-state index is -0.901. The van der Waals surface area contributed by atoms with Crippen molar-refractivity contribution in [2.75, 3.05) is 6.61 Å². The van der Waals surface area contributed by atoms with Gasteiger partial charge in [-0.1, -0.05) is 46.3 Å². The molecule has 0 aromatic carbocycles. The average Bonchev–Trinajstić information content (AvgIpc) is 3.21. The molecule has 176 valence electrons. The molecule has 0 aromatic heterocycles. The summed E-state index contributed by atoms with van der Waals surface area (Å²) in [6, 6.07) is 0. The fourth-order valence-corrected chi connectivity index (χ4v) is 8.06. The van der Waals surface area contributed by atoms with Crippen LogP contribution >= 0.6 is 0 Å². The second-order valence-corrected chi connectivity index (χ2v) is 12.7. The molecule has 0 bridgehead atoms. The number of ketones is 2. The molecule has 5 nitrogen and oxygen atoms in total. The van der Waals surface area contributed by atoms with Crippen molar-refractivity contribution in [2.24, 2.45) is 34.0 Å². The van der Waals surface area contributed by atoms with E-state index >= 15 is 0 Å². The number of ether oxygens (including phenoxy) is 2. The van der Waals surface area contributed by atoms with Crippen LogP contribution in [0.3, 0.4) is 0 Å². The molecule has 1 spiro atoms. The Morgan fingerprint density at radius 2 is 1.88 bits per heavy atom. The number of epoxide rings is 1. The van der Waals surface area contributed by atoms with Crippen molar-refractivity contribution in [3.63, 3.8) is 0 Å². The second kappa shape index (κ2) is 6.55. The van der Waals surface area contributed by atoms with Crippen molar-refractivity contribution in [3.8, 4) is 0 Å². The molecule has 0 amide bonds. The van der Waals surface area contributed by atoms with E-state index in [1.165, 1.54) is 12.5 Å². The molecule has 4 fully saturated rings. The molecule has 4 aliphatic carbocycles. The third kappa shape index (κ3) is 2.69. The monoisotopic (exact) mass is 442 g/mol.